The highest BCUT2D eigenvalue weighted by molar-refractivity contribution is 5.97. The number of nitrogens with zero attached hydrogens (tertiary/aromatic N) is 3. The third kappa shape index (κ3) is 3.76. The Kier molecular flexibility index (Phi) is 5.62. The number of ether oxygens (including phenoxy) is 1. The number of rotatable bonds is 4. The molecule has 0 radical (unpaired) electrons. The number of aryl methyl sites for hydroxylation is 1. The van der Waals surface area contributed by atoms with E-state index < -0.39 is 0 Å². The van der Waals surface area contributed by atoms with Crippen molar-refractivity contribution in [3.05, 3.63) is 41.1 Å². The van der Waals surface area contributed by atoms with Crippen LogP contribution in [0.15, 0.2) is 22.6 Å². The Hall–Kier alpha value is -2.41. The highest BCUT2D eigenvalue weighted by Gasteiger charge is 2.34. The molecule has 2 aromatic rings. The number of phenolic OH excluding ortho intramolecular Hbond substituents is 1. The highest BCUT2D eigenvalue weighted by Crippen LogP contribution is 2.35. The van der Waals surface area contributed by atoms with Crippen LogP contribution in [0.25, 0.3) is 0 Å². The van der Waals surface area contributed by atoms with Gasteiger partial charge in [0.2, 0.25) is 11.8 Å². The number of aromatic nitrogens is 2. The second-order valence-corrected chi connectivity index (χ2v) is 7.58. The molecule has 0 aliphatic carbocycles. The maximum Gasteiger partial charge on any atom is 0.258 e. The van der Waals surface area contributed by atoms with Gasteiger partial charge >= 0.3 is 0 Å². The van der Waals surface area contributed by atoms with Gasteiger partial charge in [-0.3, -0.25) is 4.79 Å². The first-order valence-electron chi connectivity index (χ1n) is 10.2. The van der Waals surface area contributed by atoms with Crippen LogP contribution in [0, 0.1) is 0 Å². The van der Waals surface area contributed by atoms with Crippen molar-refractivity contribution in [3.8, 4) is 5.75 Å². The van der Waals surface area contributed by atoms with Crippen LogP contribution in [-0.4, -0.2) is 45.9 Å². The van der Waals surface area contributed by atoms with E-state index in [1.54, 1.807) is 17.0 Å². The maximum absolute atomic E-state index is 13.2. The smallest absolute Gasteiger partial charge is 0.258 e. The Balaban J connectivity index is 1.58. The lowest BCUT2D eigenvalue weighted by Gasteiger charge is -2.33. The van der Waals surface area contributed by atoms with Crippen LogP contribution in [0.1, 0.15) is 78.7 Å². The lowest BCUT2D eigenvalue weighted by molar-refractivity contribution is 0.0558. The number of amides is 1. The molecule has 2 aliphatic rings. The summed E-state index contributed by atoms with van der Waals surface area (Å²) in [5.41, 5.74) is 1.37. The molecule has 7 heteroatoms. The first-order valence-corrected chi connectivity index (χ1v) is 10.2. The number of piperidine rings is 1. The summed E-state index contributed by atoms with van der Waals surface area (Å²) in [4.78, 5) is 15.0. The van der Waals surface area contributed by atoms with Crippen molar-refractivity contribution >= 4 is 5.91 Å². The SMILES string of the molecule is CCc1ccc(O)c(C(=O)N2CCCCC2c2nnc(C3CCOCC3)o2)c1. The highest BCUT2D eigenvalue weighted by atomic mass is 16.5. The van der Waals surface area contributed by atoms with Gasteiger partial charge in [0.15, 0.2) is 0 Å². The van der Waals surface area contributed by atoms with Crippen molar-refractivity contribution in [2.45, 2.75) is 57.4 Å². The summed E-state index contributed by atoms with van der Waals surface area (Å²) in [6.07, 6.45) is 5.29. The Labute approximate surface area is 164 Å². The molecule has 1 aromatic heterocycles. The third-order valence-corrected chi connectivity index (χ3v) is 5.78. The standard InChI is InChI=1S/C21H27N3O4/c1-2-14-6-7-18(25)16(13-14)21(26)24-10-4-3-5-17(24)20-23-22-19(28-20)15-8-11-27-12-9-15/h6-7,13,15,17,25H,2-5,8-12H2,1H3. The van der Waals surface area contributed by atoms with Gasteiger partial charge in [0.05, 0.1) is 5.56 Å². The van der Waals surface area contributed by atoms with E-state index in [-0.39, 0.29) is 23.6 Å². The Morgan fingerprint density at radius 1 is 1.18 bits per heavy atom. The average Bonchev–Trinajstić information content (AvgIpc) is 3.24. The maximum atomic E-state index is 13.2. The first-order chi connectivity index (χ1) is 13.7. The molecule has 0 saturated carbocycles. The minimum absolute atomic E-state index is 0.0138. The molecule has 1 unspecified atom stereocenters. The zero-order chi connectivity index (χ0) is 19.5. The average molecular weight is 385 g/mol. The molecule has 7 nitrogen and oxygen atoms in total. The van der Waals surface area contributed by atoms with E-state index in [0.29, 0.717) is 37.1 Å². The minimum Gasteiger partial charge on any atom is -0.507 e. The van der Waals surface area contributed by atoms with Gasteiger partial charge in [-0.05, 0) is 56.2 Å². The summed E-state index contributed by atoms with van der Waals surface area (Å²) in [5.74, 6) is 1.21. The number of aromatic hydroxyl groups is 1. The number of hydrogen-bond donors (Lipinski definition) is 1. The molecule has 150 valence electrons. The molecule has 2 aliphatic heterocycles. The number of hydrogen-bond acceptors (Lipinski definition) is 6. The van der Waals surface area contributed by atoms with Crippen LogP contribution in [0.2, 0.25) is 0 Å². The number of likely N-dealkylation sites (tertiary alicyclic amines) is 1. The molecule has 1 aromatic carbocycles. The summed E-state index contributed by atoms with van der Waals surface area (Å²) >= 11 is 0. The van der Waals surface area contributed by atoms with Crippen LogP contribution in [-0.2, 0) is 11.2 Å². The van der Waals surface area contributed by atoms with Crippen LogP contribution in [0.4, 0.5) is 0 Å². The fourth-order valence-electron chi connectivity index (χ4n) is 4.05. The molecule has 0 bridgehead atoms. The van der Waals surface area contributed by atoms with Crippen molar-refractivity contribution < 1.29 is 19.1 Å². The molecule has 1 N–H and O–H groups in total. The number of benzene rings is 1. The van der Waals surface area contributed by atoms with Gasteiger partial charge in [-0.15, -0.1) is 10.2 Å². The van der Waals surface area contributed by atoms with Crippen molar-refractivity contribution in [3.63, 3.8) is 0 Å². The fourth-order valence-corrected chi connectivity index (χ4v) is 4.05. The molecule has 28 heavy (non-hydrogen) atoms. The van der Waals surface area contributed by atoms with Crippen molar-refractivity contribution in [1.29, 1.82) is 0 Å². The second kappa shape index (κ2) is 8.31. The molecule has 0 spiro atoms. The summed E-state index contributed by atoms with van der Waals surface area (Å²) in [6.45, 7) is 4.07. The van der Waals surface area contributed by atoms with Crippen LogP contribution in [0.5, 0.6) is 5.75 Å². The zero-order valence-corrected chi connectivity index (χ0v) is 16.3. The zero-order valence-electron chi connectivity index (χ0n) is 16.3. The molecular formula is C21H27N3O4. The molecule has 2 saturated heterocycles. The normalized spacial score (nSPS) is 21.0. The summed E-state index contributed by atoms with van der Waals surface area (Å²) in [7, 11) is 0. The Morgan fingerprint density at radius 3 is 2.75 bits per heavy atom. The molecule has 1 amide bonds. The van der Waals surface area contributed by atoms with Gasteiger partial charge in [-0.2, -0.15) is 0 Å². The minimum atomic E-state index is -0.243. The number of carbonyl (C=O) groups is 1. The Morgan fingerprint density at radius 2 is 1.96 bits per heavy atom. The van der Waals surface area contributed by atoms with Gasteiger partial charge in [0, 0.05) is 25.7 Å². The second-order valence-electron chi connectivity index (χ2n) is 7.58. The predicted octanol–water partition coefficient (Wildman–Crippen LogP) is 3.60. The molecule has 3 heterocycles. The van der Waals surface area contributed by atoms with Gasteiger partial charge in [-0.25, -0.2) is 0 Å². The monoisotopic (exact) mass is 385 g/mol. The van der Waals surface area contributed by atoms with Crippen LogP contribution < -0.4 is 0 Å². The van der Waals surface area contributed by atoms with E-state index in [9.17, 15) is 9.90 Å². The van der Waals surface area contributed by atoms with E-state index in [1.165, 1.54) is 0 Å². The van der Waals surface area contributed by atoms with E-state index in [0.717, 1.165) is 44.1 Å². The van der Waals surface area contributed by atoms with Gasteiger partial charge in [0.1, 0.15) is 11.8 Å². The largest absolute Gasteiger partial charge is 0.507 e. The topological polar surface area (TPSA) is 88.7 Å². The quantitative estimate of drug-likeness (QED) is 0.865. The van der Waals surface area contributed by atoms with E-state index >= 15 is 0 Å². The number of carbonyl (C=O) groups excluding carboxylic acids is 1. The lowest BCUT2D eigenvalue weighted by atomic mass is 9.99. The lowest BCUT2D eigenvalue weighted by Crippen LogP contribution is -2.38. The van der Waals surface area contributed by atoms with E-state index in [2.05, 4.69) is 10.2 Å². The van der Waals surface area contributed by atoms with E-state index in [1.807, 2.05) is 13.0 Å². The molecular weight excluding hydrogens is 358 g/mol. The van der Waals surface area contributed by atoms with Gasteiger partial charge < -0.3 is 19.2 Å². The Bertz CT molecular complexity index is 829. The van der Waals surface area contributed by atoms with Gasteiger partial charge in [-0.1, -0.05) is 13.0 Å². The van der Waals surface area contributed by atoms with Crippen LogP contribution >= 0.6 is 0 Å². The molecule has 4 rings (SSSR count). The summed E-state index contributed by atoms with van der Waals surface area (Å²) < 4.78 is 11.4. The number of phenols is 1. The van der Waals surface area contributed by atoms with Crippen molar-refractivity contribution in [2.75, 3.05) is 19.8 Å². The van der Waals surface area contributed by atoms with Crippen LogP contribution in [0.3, 0.4) is 0 Å². The molecule has 2 fully saturated rings. The van der Waals surface area contributed by atoms with Gasteiger partial charge in [0.25, 0.3) is 5.91 Å². The first kappa shape index (κ1) is 18.9. The van der Waals surface area contributed by atoms with Crippen molar-refractivity contribution in [1.82, 2.24) is 15.1 Å². The van der Waals surface area contributed by atoms with Crippen molar-refractivity contribution in [2.24, 2.45) is 0 Å². The third-order valence-electron chi connectivity index (χ3n) is 5.78. The summed E-state index contributed by atoms with van der Waals surface area (Å²) in [5, 5.41) is 18.8. The fraction of sp³-hybridized carbons (Fsp3) is 0.571. The molecule has 1 atom stereocenters. The summed E-state index contributed by atoms with van der Waals surface area (Å²) in [6, 6.07) is 4.98. The predicted molar refractivity (Wildman–Crippen MR) is 102 cm³/mol. The van der Waals surface area contributed by atoms with E-state index in [4.69, 9.17) is 9.15 Å².